The lowest BCUT2D eigenvalue weighted by Gasteiger charge is -2.16. The molecule has 1 rings (SSSR count). The number of hydrogen-bond donors (Lipinski definition) is 2. The van der Waals surface area contributed by atoms with Gasteiger partial charge in [-0.05, 0) is 5.92 Å². The van der Waals surface area contributed by atoms with Crippen LogP contribution < -0.4 is 4.72 Å². The first-order valence-electron chi connectivity index (χ1n) is 3.53. The van der Waals surface area contributed by atoms with Crippen molar-refractivity contribution >= 4 is 10.3 Å². The Bertz CT molecular complexity index is 369. The van der Waals surface area contributed by atoms with Crippen LogP contribution in [0.15, 0.2) is 0 Å². The van der Waals surface area contributed by atoms with Crippen molar-refractivity contribution < 1.29 is 26.5 Å². The summed E-state index contributed by atoms with van der Waals surface area (Å²) in [6, 6.07) is -1.27. The fraction of sp³-hybridized carbons (Fsp3) is 0.667. The molecule has 0 amide bonds. The smallest absolute Gasteiger partial charge is 0.337 e. The van der Waals surface area contributed by atoms with Gasteiger partial charge in [0.1, 0.15) is 12.6 Å². The topological polar surface area (TPSA) is 75.6 Å². The first-order chi connectivity index (χ1) is 6.35. The van der Waals surface area contributed by atoms with E-state index in [4.69, 9.17) is 5.11 Å². The predicted molar refractivity (Wildman–Crippen MR) is 41.6 cm³/mol. The van der Waals surface area contributed by atoms with Gasteiger partial charge in [-0.25, -0.2) is 0 Å². The average Bonchev–Trinajstić information content (AvgIpc) is 2.08. The van der Waals surface area contributed by atoms with Crippen molar-refractivity contribution in [1.82, 2.24) is 4.72 Å². The summed E-state index contributed by atoms with van der Waals surface area (Å²) in [5, 5.41) is 8.58. The molecule has 0 saturated carbocycles. The zero-order valence-electron chi connectivity index (χ0n) is 6.83. The van der Waals surface area contributed by atoms with Gasteiger partial charge in [-0.1, -0.05) is 5.92 Å². The van der Waals surface area contributed by atoms with Crippen LogP contribution in [0, 0.1) is 11.8 Å². The Hall–Kier alpha value is -0.750. The maximum atomic E-state index is 12.6. The Balaban J connectivity index is 2.97. The minimum atomic E-state index is -4.27. The Morgan fingerprint density at radius 3 is 2.86 bits per heavy atom. The summed E-state index contributed by atoms with van der Waals surface area (Å²) < 4.78 is 52.6. The lowest BCUT2D eigenvalue weighted by molar-refractivity contribution is 0.0148. The highest BCUT2D eigenvalue weighted by Gasteiger charge is 2.32. The normalized spacial score (nSPS) is 29.5. The Labute approximate surface area is 79.3 Å². The molecule has 0 spiro atoms. The van der Waals surface area contributed by atoms with Crippen molar-refractivity contribution in [3.63, 3.8) is 0 Å². The minimum absolute atomic E-state index is 0.703. The molecule has 0 bridgehead atoms. The zero-order valence-corrected chi connectivity index (χ0v) is 7.64. The SMILES string of the molecule is O=S1(=O)N[C@@H](CO)C#CC(F)(F)CO1. The van der Waals surface area contributed by atoms with Gasteiger partial charge in [0, 0.05) is 0 Å². The molecule has 14 heavy (non-hydrogen) atoms. The van der Waals surface area contributed by atoms with Gasteiger partial charge in [0.2, 0.25) is 0 Å². The summed E-state index contributed by atoms with van der Waals surface area (Å²) in [5.74, 6) is -0.124. The van der Waals surface area contributed by atoms with Gasteiger partial charge in [0.15, 0.2) is 0 Å². The van der Waals surface area contributed by atoms with Crippen molar-refractivity contribution in [3.8, 4) is 11.8 Å². The molecule has 0 aliphatic carbocycles. The van der Waals surface area contributed by atoms with E-state index in [0.29, 0.717) is 0 Å². The molecule has 1 aliphatic heterocycles. The number of alkyl halides is 2. The highest BCUT2D eigenvalue weighted by Crippen LogP contribution is 2.14. The molecular weight excluding hydrogens is 220 g/mol. The van der Waals surface area contributed by atoms with E-state index in [-0.39, 0.29) is 0 Å². The standard InChI is InChI=1S/C6H7F2NO4S/c7-6(8)2-1-5(3-10)9-14(11,12)13-4-6/h5,9-10H,3-4H2/t5-/m1/s1. The van der Waals surface area contributed by atoms with Gasteiger partial charge in [0.25, 0.3) is 0 Å². The first-order valence-corrected chi connectivity index (χ1v) is 4.93. The van der Waals surface area contributed by atoms with Gasteiger partial charge in [-0.2, -0.15) is 21.9 Å². The predicted octanol–water partition coefficient (Wildman–Crippen LogP) is -1.15. The molecule has 0 aromatic rings. The number of halogens is 2. The Morgan fingerprint density at radius 1 is 1.64 bits per heavy atom. The summed E-state index contributed by atoms with van der Waals surface area (Å²) in [7, 11) is -4.27. The highest BCUT2D eigenvalue weighted by atomic mass is 32.2. The molecule has 0 saturated heterocycles. The van der Waals surface area contributed by atoms with Crippen LogP contribution in [0.1, 0.15) is 0 Å². The van der Waals surface area contributed by atoms with Crippen LogP contribution in [0.2, 0.25) is 0 Å². The molecule has 1 atom stereocenters. The molecule has 5 nitrogen and oxygen atoms in total. The van der Waals surface area contributed by atoms with E-state index in [1.54, 1.807) is 4.72 Å². The molecule has 2 N–H and O–H groups in total. The molecule has 0 fully saturated rings. The fourth-order valence-electron chi connectivity index (χ4n) is 0.701. The van der Waals surface area contributed by atoms with Crippen molar-refractivity contribution in [3.05, 3.63) is 0 Å². The van der Waals surface area contributed by atoms with Crippen LogP contribution in [0.4, 0.5) is 8.78 Å². The van der Waals surface area contributed by atoms with Crippen LogP contribution in [-0.2, 0) is 14.5 Å². The second-order valence-corrected chi connectivity index (χ2v) is 3.92. The van der Waals surface area contributed by atoms with Gasteiger partial charge in [-0.3, -0.25) is 4.18 Å². The van der Waals surface area contributed by atoms with E-state index in [1.165, 1.54) is 5.92 Å². The van der Waals surface area contributed by atoms with E-state index in [9.17, 15) is 17.2 Å². The first kappa shape index (κ1) is 11.3. The van der Waals surface area contributed by atoms with Crippen molar-refractivity contribution in [2.45, 2.75) is 12.0 Å². The molecule has 0 aromatic heterocycles. The summed E-state index contributed by atoms with van der Waals surface area (Å²) in [4.78, 5) is 0. The molecule has 1 heterocycles. The second-order valence-electron chi connectivity index (χ2n) is 2.54. The zero-order chi connectivity index (χ0) is 10.8. The van der Waals surface area contributed by atoms with E-state index < -0.39 is 35.5 Å². The van der Waals surface area contributed by atoms with E-state index >= 15 is 0 Å². The van der Waals surface area contributed by atoms with Crippen LogP contribution in [0.3, 0.4) is 0 Å². The molecule has 0 aromatic carbocycles. The summed E-state index contributed by atoms with van der Waals surface area (Å²) in [5.41, 5.74) is 0. The van der Waals surface area contributed by atoms with E-state index in [2.05, 4.69) is 4.18 Å². The largest absolute Gasteiger partial charge is 0.394 e. The lowest BCUT2D eigenvalue weighted by Crippen LogP contribution is -2.41. The number of hydrogen-bond acceptors (Lipinski definition) is 4. The monoisotopic (exact) mass is 227 g/mol. The third-order valence-corrected chi connectivity index (χ3v) is 2.30. The van der Waals surface area contributed by atoms with Crippen LogP contribution in [-0.4, -0.2) is 38.7 Å². The maximum Gasteiger partial charge on any atom is 0.337 e. The fourth-order valence-corrected chi connectivity index (χ4v) is 1.55. The van der Waals surface area contributed by atoms with Gasteiger partial charge in [-0.15, -0.1) is 0 Å². The van der Waals surface area contributed by atoms with Crippen LogP contribution in [0.25, 0.3) is 0 Å². The quantitative estimate of drug-likeness (QED) is 0.555. The van der Waals surface area contributed by atoms with E-state index in [1.807, 2.05) is 5.92 Å². The minimum Gasteiger partial charge on any atom is -0.394 e. The Kier molecular flexibility index (Phi) is 3.06. The number of rotatable bonds is 1. The molecule has 0 radical (unpaired) electrons. The third-order valence-electron chi connectivity index (χ3n) is 1.29. The average molecular weight is 227 g/mol. The molecular formula is C6H7F2NO4S. The van der Waals surface area contributed by atoms with Crippen LogP contribution >= 0.6 is 0 Å². The summed E-state index contributed by atoms with van der Waals surface area (Å²) in [6.07, 6.45) is 0. The van der Waals surface area contributed by atoms with Crippen LogP contribution in [0.5, 0.6) is 0 Å². The Morgan fingerprint density at radius 2 is 2.29 bits per heavy atom. The molecule has 1 aliphatic rings. The number of nitrogens with one attached hydrogen (secondary N) is 1. The second kappa shape index (κ2) is 3.78. The van der Waals surface area contributed by atoms with Crippen molar-refractivity contribution in [2.75, 3.05) is 13.2 Å². The van der Waals surface area contributed by atoms with Gasteiger partial charge >= 0.3 is 16.2 Å². The number of aliphatic hydroxyl groups is 1. The lowest BCUT2D eigenvalue weighted by atomic mass is 10.3. The summed E-state index contributed by atoms with van der Waals surface area (Å²) in [6.45, 7) is -2.03. The maximum absolute atomic E-state index is 12.6. The van der Waals surface area contributed by atoms with E-state index in [0.717, 1.165) is 0 Å². The van der Waals surface area contributed by atoms with Crippen molar-refractivity contribution in [2.24, 2.45) is 0 Å². The van der Waals surface area contributed by atoms with Gasteiger partial charge in [0.05, 0.1) is 6.61 Å². The highest BCUT2D eigenvalue weighted by molar-refractivity contribution is 7.84. The summed E-state index contributed by atoms with van der Waals surface area (Å²) >= 11 is 0. The number of aliphatic hydroxyl groups excluding tert-OH is 1. The van der Waals surface area contributed by atoms with Crippen molar-refractivity contribution in [1.29, 1.82) is 0 Å². The molecule has 8 heteroatoms. The van der Waals surface area contributed by atoms with Gasteiger partial charge < -0.3 is 5.11 Å². The molecule has 80 valence electrons. The third kappa shape index (κ3) is 3.19. The molecule has 0 unspecified atom stereocenters.